The van der Waals surface area contributed by atoms with Crippen LogP contribution in [0.4, 0.5) is 0 Å². The van der Waals surface area contributed by atoms with Crippen LogP contribution in [0.25, 0.3) is 0 Å². The van der Waals surface area contributed by atoms with E-state index in [9.17, 15) is 4.79 Å². The molecule has 2 rings (SSSR count). The SMILES string of the molecule is Cc1cnc(C(=O)NNC(=S)NCc2ccccc2)cn1. The van der Waals surface area contributed by atoms with Crippen molar-refractivity contribution in [1.29, 1.82) is 0 Å². The predicted molar refractivity (Wildman–Crippen MR) is 83.3 cm³/mol. The molecule has 0 saturated heterocycles. The highest BCUT2D eigenvalue weighted by Gasteiger charge is 2.07. The highest BCUT2D eigenvalue weighted by molar-refractivity contribution is 7.80. The lowest BCUT2D eigenvalue weighted by Gasteiger charge is -2.11. The zero-order chi connectivity index (χ0) is 15.1. The molecule has 0 atom stereocenters. The van der Waals surface area contributed by atoms with Crippen LogP contribution < -0.4 is 16.2 Å². The van der Waals surface area contributed by atoms with Gasteiger partial charge in [-0.3, -0.25) is 20.6 Å². The van der Waals surface area contributed by atoms with Gasteiger partial charge in [0.25, 0.3) is 5.91 Å². The summed E-state index contributed by atoms with van der Waals surface area (Å²) >= 11 is 5.07. The van der Waals surface area contributed by atoms with E-state index in [2.05, 4.69) is 26.1 Å². The molecule has 0 saturated carbocycles. The molecule has 0 spiro atoms. The monoisotopic (exact) mass is 301 g/mol. The standard InChI is InChI=1S/C14H15N5OS/c1-10-7-16-12(9-15-10)13(20)18-19-14(21)17-8-11-5-3-2-4-6-11/h2-7,9H,8H2,1H3,(H,18,20)(H2,17,19,21). The first-order chi connectivity index (χ1) is 10.1. The fraction of sp³-hybridized carbons (Fsp3) is 0.143. The summed E-state index contributed by atoms with van der Waals surface area (Å²) in [4.78, 5) is 19.7. The lowest BCUT2D eigenvalue weighted by atomic mass is 10.2. The Labute approximate surface area is 128 Å². The van der Waals surface area contributed by atoms with Gasteiger partial charge in [-0.25, -0.2) is 4.98 Å². The molecule has 1 amide bonds. The highest BCUT2D eigenvalue weighted by atomic mass is 32.1. The maximum Gasteiger partial charge on any atom is 0.289 e. The van der Waals surface area contributed by atoms with Gasteiger partial charge >= 0.3 is 0 Å². The molecule has 0 radical (unpaired) electrons. The maximum absolute atomic E-state index is 11.8. The molecule has 0 unspecified atom stereocenters. The number of aryl methyl sites for hydroxylation is 1. The summed E-state index contributed by atoms with van der Waals surface area (Å²) in [6, 6.07) is 9.81. The topological polar surface area (TPSA) is 78.9 Å². The van der Waals surface area contributed by atoms with Gasteiger partial charge in [-0.1, -0.05) is 30.3 Å². The second kappa shape index (κ2) is 7.30. The summed E-state index contributed by atoms with van der Waals surface area (Å²) in [6.07, 6.45) is 2.94. The number of nitrogens with one attached hydrogen (secondary N) is 3. The molecule has 108 valence electrons. The summed E-state index contributed by atoms with van der Waals surface area (Å²) in [6.45, 7) is 2.38. The Morgan fingerprint density at radius 3 is 2.57 bits per heavy atom. The largest absolute Gasteiger partial charge is 0.357 e. The van der Waals surface area contributed by atoms with Gasteiger partial charge in [0, 0.05) is 12.7 Å². The number of hydrogen-bond donors (Lipinski definition) is 3. The fourth-order valence-electron chi connectivity index (χ4n) is 1.51. The summed E-state index contributed by atoms with van der Waals surface area (Å²) < 4.78 is 0. The molecule has 7 heteroatoms. The summed E-state index contributed by atoms with van der Waals surface area (Å²) in [5.74, 6) is -0.397. The Bertz CT molecular complexity index is 615. The van der Waals surface area contributed by atoms with Gasteiger partial charge in [-0.05, 0) is 24.7 Å². The lowest BCUT2D eigenvalue weighted by Crippen LogP contribution is -2.46. The number of carbonyl (C=O) groups is 1. The first-order valence-corrected chi connectivity index (χ1v) is 6.73. The van der Waals surface area contributed by atoms with E-state index in [4.69, 9.17) is 12.2 Å². The van der Waals surface area contributed by atoms with Crippen LogP contribution in [0.5, 0.6) is 0 Å². The summed E-state index contributed by atoms with van der Waals surface area (Å²) in [5, 5.41) is 3.31. The van der Waals surface area contributed by atoms with Crippen LogP contribution in [0.2, 0.25) is 0 Å². The van der Waals surface area contributed by atoms with E-state index >= 15 is 0 Å². The van der Waals surface area contributed by atoms with E-state index in [1.54, 1.807) is 6.92 Å². The third-order valence-corrected chi connectivity index (χ3v) is 2.85. The molecule has 1 aromatic carbocycles. The Balaban J connectivity index is 1.76. The third kappa shape index (κ3) is 4.81. The van der Waals surface area contributed by atoms with Crippen LogP contribution >= 0.6 is 12.2 Å². The van der Waals surface area contributed by atoms with Gasteiger partial charge in [0.15, 0.2) is 5.11 Å². The number of carbonyl (C=O) groups excluding carboxylic acids is 1. The molecule has 6 nitrogen and oxygen atoms in total. The van der Waals surface area contributed by atoms with E-state index in [0.29, 0.717) is 11.7 Å². The van der Waals surface area contributed by atoms with E-state index in [0.717, 1.165) is 11.3 Å². The molecule has 1 heterocycles. The van der Waals surface area contributed by atoms with Crippen molar-refractivity contribution in [1.82, 2.24) is 26.1 Å². The number of thiocarbonyl (C=S) groups is 1. The normalized spacial score (nSPS) is 9.76. The molecule has 2 aromatic rings. The van der Waals surface area contributed by atoms with Gasteiger partial charge in [0.1, 0.15) is 5.69 Å². The number of hydrazine groups is 1. The number of hydrogen-bond acceptors (Lipinski definition) is 4. The van der Waals surface area contributed by atoms with Gasteiger partial charge < -0.3 is 5.32 Å². The Kier molecular flexibility index (Phi) is 5.16. The Morgan fingerprint density at radius 1 is 1.14 bits per heavy atom. The van der Waals surface area contributed by atoms with Gasteiger partial charge in [0.2, 0.25) is 0 Å². The Hall–Kier alpha value is -2.54. The predicted octanol–water partition coefficient (Wildman–Crippen LogP) is 1.09. The van der Waals surface area contributed by atoms with Crippen LogP contribution in [0.15, 0.2) is 42.7 Å². The average Bonchev–Trinajstić information content (AvgIpc) is 2.52. The van der Waals surface area contributed by atoms with Crippen LogP contribution in [0.1, 0.15) is 21.7 Å². The minimum Gasteiger partial charge on any atom is -0.357 e. The van der Waals surface area contributed by atoms with Gasteiger partial charge in [-0.2, -0.15) is 0 Å². The van der Waals surface area contributed by atoms with Crippen molar-refractivity contribution in [2.75, 3.05) is 0 Å². The van der Waals surface area contributed by atoms with Gasteiger partial charge in [-0.15, -0.1) is 0 Å². The smallest absolute Gasteiger partial charge is 0.289 e. The second-order valence-corrected chi connectivity index (χ2v) is 4.70. The first-order valence-electron chi connectivity index (χ1n) is 6.32. The minimum atomic E-state index is -0.397. The maximum atomic E-state index is 11.8. The van der Waals surface area contributed by atoms with Crippen molar-refractivity contribution in [2.45, 2.75) is 13.5 Å². The van der Waals surface area contributed by atoms with Crippen molar-refractivity contribution >= 4 is 23.2 Å². The van der Waals surface area contributed by atoms with Crippen molar-refractivity contribution in [3.8, 4) is 0 Å². The van der Waals surface area contributed by atoms with Crippen molar-refractivity contribution in [3.05, 3.63) is 59.7 Å². The molecular formula is C14H15N5OS. The quantitative estimate of drug-likeness (QED) is 0.582. The van der Waals surface area contributed by atoms with E-state index in [1.165, 1.54) is 12.4 Å². The van der Waals surface area contributed by atoms with Crippen LogP contribution in [0, 0.1) is 6.92 Å². The second-order valence-electron chi connectivity index (χ2n) is 4.29. The van der Waals surface area contributed by atoms with Crippen LogP contribution in [-0.2, 0) is 6.54 Å². The highest BCUT2D eigenvalue weighted by Crippen LogP contribution is 1.97. The molecule has 3 N–H and O–H groups in total. The number of amides is 1. The summed E-state index contributed by atoms with van der Waals surface area (Å²) in [5.41, 5.74) is 7.14. The molecule has 0 bridgehead atoms. The van der Waals surface area contributed by atoms with E-state index in [-0.39, 0.29) is 5.69 Å². The first kappa shape index (κ1) is 14.9. The average molecular weight is 301 g/mol. The molecule has 0 aliphatic carbocycles. The molecule has 0 fully saturated rings. The Morgan fingerprint density at radius 2 is 1.90 bits per heavy atom. The third-order valence-electron chi connectivity index (χ3n) is 2.60. The molecular weight excluding hydrogens is 286 g/mol. The van der Waals surface area contributed by atoms with Crippen LogP contribution in [-0.4, -0.2) is 21.0 Å². The molecule has 0 aliphatic heterocycles. The molecule has 1 aromatic heterocycles. The van der Waals surface area contributed by atoms with E-state index in [1.807, 2.05) is 30.3 Å². The minimum absolute atomic E-state index is 0.221. The van der Waals surface area contributed by atoms with Gasteiger partial charge in [0.05, 0.1) is 11.9 Å². The molecule has 0 aliphatic rings. The van der Waals surface area contributed by atoms with Crippen molar-refractivity contribution in [2.24, 2.45) is 0 Å². The van der Waals surface area contributed by atoms with E-state index < -0.39 is 5.91 Å². The molecule has 21 heavy (non-hydrogen) atoms. The fourth-order valence-corrected chi connectivity index (χ4v) is 1.63. The number of benzene rings is 1. The number of aromatic nitrogens is 2. The lowest BCUT2D eigenvalue weighted by molar-refractivity contribution is 0.0938. The number of nitrogens with zero attached hydrogens (tertiary/aromatic N) is 2. The van der Waals surface area contributed by atoms with Crippen LogP contribution in [0.3, 0.4) is 0 Å². The van der Waals surface area contributed by atoms with Crippen molar-refractivity contribution < 1.29 is 4.79 Å². The zero-order valence-electron chi connectivity index (χ0n) is 11.5. The number of rotatable bonds is 3. The van der Waals surface area contributed by atoms with Crippen molar-refractivity contribution in [3.63, 3.8) is 0 Å². The zero-order valence-corrected chi connectivity index (χ0v) is 12.3. The summed E-state index contributed by atoms with van der Waals surface area (Å²) in [7, 11) is 0.